The minimum absolute atomic E-state index is 0.0179. The molecule has 7 aromatic carbocycles. The molecule has 0 radical (unpaired) electrons. The largest absolute Gasteiger partial charge is 0.456 e. The van der Waals surface area contributed by atoms with Crippen molar-refractivity contribution in [3.8, 4) is 33.8 Å². The van der Waals surface area contributed by atoms with Gasteiger partial charge in [-0.3, -0.25) is 0 Å². The van der Waals surface area contributed by atoms with Gasteiger partial charge in [-0.05, 0) is 71.2 Å². The Morgan fingerprint density at radius 2 is 1.33 bits per heavy atom. The number of benzene rings is 7. The van der Waals surface area contributed by atoms with Gasteiger partial charge in [-0.2, -0.15) is 0 Å². The Morgan fingerprint density at radius 3 is 2.21 bits per heavy atom. The van der Waals surface area contributed by atoms with Crippen molar-refractivity contribution in [3.63, 3.8) is 0 Å². The summed E-state index contributed by atoms with van der Waals surface area (Å²) in [5.74, 6) is -0.279. The Morgan fingerprint density at radius 1 is 0.535 bits per heavy atom. The van der Waals surface area contributed by atoms with Crippen molar-refractivity contribution in [1.29, 1.82) is 0 Å². The standard InChI is InChI=1S/C40H25NO2/c1-3-10-26(11-4-1)27-18-20-32-33-15-9-16-34-35(22-23-37(40(33)34)43-38(32)24-27)41(28-12-5-2-6-13-28)29-19-21-31-30-14-7-8-17-36(30)42-39(31)25-29/h1-25H/i9D,15D,16D,18D,20D,22D,23D,24D. The molecule has 8 aromatic rings. The highest BCUT2D eigenvalue weighted by Crippen LogP contribution is 2.51. The minimum atomic E-state index is -0.458. The highest BCUT2D eigenvalue weighted by atomic mass is 16.5. The van der Waals surface area contributed by atoms with Gasteiger partial charge in [0.1, 0.15) is 22.7 Å². The van der Waals surface area contributed by atoms with Gasteiger partial charge in [0.25, 0.3) is 0 Å². The van der Waals surface area contributed by atoms with Crippen LogP contribution in [0.15, 0.2) is 156 Å². The molecule has 1 aromatic heterocycles. The first-order chi connectivity index (χ1) is 24.7. The molecule has 9 rings (SSSR count). The Hall–Kier alpha value is -5.80. The van der Waals surface area contributed by atoms with Gasteiger partial charge in [-0.15, -0.1) is 0 Å². The highest BCUT2D eigenvalue weighted by Gasteiger charge is 2.24. The lowest BCUT2D eigenvalue weighted by molar-refractivity contribution is 0.487. The van der Waals surface area contributed by atoms with Gasteiger partial charge in [0.2, 0.25) is 0 Å². The van der Waals surface area contributed by atoms with E-state index >= 15 is 0 Å². The van der Waals surface area contributed by atoms with Crippen LogP contribution in [-0.4, -0.2) is 0 Å². The second kappa shape index (κ2) is 9.37. The molecular weight excluding hydrogens is 526 g/mol. The Balaban J connectivity index is 1.39. The third-order valence-corrected chi connectivity index (χ3v) is 7.79. The molecule has 0 atom stereocenters. The van der Waals surface area contributed by atoms with Gasteiger partial charge < -0.3 is 14.1 Å². The van der Waals surface area contributed by atoms with E-state index in [2.05, 4.69) is 0 Å². The number of fused-ring (bicyclic) bond motifs is 5. The zero-order valence-corrected chi connectivity index (χ0v) is 22.6. The minimum Gasteiger partial charge on any atom is -0.456 e. The molecule has 1 aliphatic heterocycles. The maximum atomic E-state index is 9.47. The SMILES string of the molecule is [2H]c1c([2H])c2c(c([2H])c1-c1ccccc1)Oc1c([2H])c([2H])c(N(c3ccccc3)c3ccc4c(c3)oc3ccccc34)c3c([2H])c([2H])c([2H])c-2c13. The fourth-order valence-electron chi connectivity index (χ4n) is 5.81. The first-order valence-corrected chi connectivity index (χ1v) is 13.9. The average Bonchev–Trinajstić information content (AvgIpc) is 3.53. The van der Waals surface area contributed by atoms with Gasteiger partial charge in [0.05, 0.1) is 16.7 Å². The molecule has 2 heterocycles. The molecule has 0 aliphatic carbocycles. The molecule has 0 saturated carbocycles. The Labute approximate surface area is 260 Å². The molecular formula is C40H25NO2. The van der Waals surface area contributed by atoms with Gasteiger partial charge in [-0.1, -0.05) is 90.9 Å². The van der Waals surface area contributed by atoms with E-state index in [4.69, 9.17) is 16.0 Å². The van der Waals surface area contributed by atoms with Crippen LogP contribution in [0.3, 0.4) is 0 Å². The maximum Gasteiger partial charge on any atom is 0.137 e. The number of nitrogens with zero attached hydrogens (tertiary/aromatic N) is 1. The molecule has 3 heteroatoms. The van der Waals surface area contributed by atoms with E-state index < -0.39 is 12.1 Å². The van der Waals surface area contributed by atoms with Gasteiger partial charge in [0.15, 0.2) is 0 Å². The molecule has 0 unspecified atom stereocenters. The van der Waals surface area contributed by atoms with Crippen molar-refractivity contribution in [2.75, 3.05) is 4.90 Å². The quantitative estimate of drug-likeness (QED) is 0.214. The van der Waals surface area contributed by atoms with E-state index in [1.807, 2.05) is 72.8 Å². The molecule has 43 heavy (non-hydrogen) atoms. The normalized spacial score (nSPS) is 14.5. The summed E-state index contributed by atoms with van der Waals surface area (Å²) in [5, 5.41) is 2.01. The Bertz CT molecular complexity index is 2770. The average molecular weight is 560 g/mol. The summed E-state index contributed by atoms with van der Waals surface area (Å²) in [6.45, 7) is 0. The number of hydrogen-bond donors (Lipinski definition) is 0. The van der Waals surface area contributed by atoms with Crippen LogP contribution in [0.25, 0.3) is 55.0 Å². The second-order valence-electron chi connectivity index (χ2n) is 10.3. The van der Waals surface area contributed by atoms with E-state index in [1.165, 1.54) is 0 Å². The summed E-state index contributed by atoms with van der Waals surface area (Å²) >= 11 is 0. The van der Waals surface area contributed by atoms with Crippen LogP contribution < -0.4 is 9.64 Å². The monoisotopic (exact) mass is 559 g/mol. The molecule has 0 saturated heterocycles. The summed E-state index contributed by atoms with van der Waals surface area (Å²) in [6, 6.07) is 28.6. The zero-order chi connectivity index (χ0) is 35.3. The number of rotatable bonds is 4. The second-order valence-corrected chi connectivity index (χ2v) is 10.3. The van der Waals surface area contributed by atoms with Gasteiger partial charge >= 0.3 is 0 Å². The first kappa shape index (κ1) is 17.2. The van der Waals surface area contributed by atoms with Gasteiger partial charge in [-0.25, -0.2) is 0 Å². The van der Waals surface area contributed by atoms with Crippen LogP contribution in [0.4, 0.5) is 17.1 Å². The lowest BCUT2D eigenvalue weighted by Crippen LogP contribution is -2.11. The smallest absolute Gasteiger partial charge is 0.137 e. The van der Waals surface area contributed by atoms with E-state index in [1.54, 1.807) is 35.2 Å². The van der Waals surface area contributed by atoms with Crippen molar-refractivity contribution in [2.45, 2.75) is 0 Å². The number of para-hydroxylation sites is 2. The van der Waals surface area contributed by atoms with Crippen LogP contribution in [0, 0.1) is 0 Å². The summed E-state index contributed by atoms with van der Waals surface area (Å²) in [6.07, 6.45) is 0. The molecule has 202 valence electrons. The fourth-order valence-corrected chi connectivity index (χ4v) is 5.81. The first-order valence-electron chi connectivity index (χ1n) is 17.9. The third kappa shape index (κ3) is 3.75. The molecule has 0 spiro atoms. The number of anilines is 3. The number of furan rings is 1. The summed E-state index contributed by atoms with van der Waals surface area (Å²) in [5.41, 5.74) is 3.24. The van der Waals surface area contributed by atoms with Crippen molar-refractivity contribution < 1.29 is 20.1 Å². The van der Waals surface area contributed by atoms with E-state index in [0.717, 1.165) is 10.8 Å². The third-order valence-electron chi connectivity index (χ3n) is 7.79. The zero-order valence-electron chi connectivity index (χ0n) is 30.6. The van der Waals surface area contributed by atoms with Crippen molar-refractivity contribution in [3.05, 3.63) is 151 Å². The molecule has 0 N–H and O–H groups in total. The number of ether oxygens (including phenoxy) is 1. The highest BCUT2D eigenvalue weighted by molar-refractivity contribution is 6.11. The summed E-state index contributed by atoms with van der Waals surface area (Å²) in [7, 11) is 0. The lowest BCUT2D eigenvalue weighted by Gasteiger charge is -2.29. The predicted molar refractivity (Wildman–Crippen MR) is 177 cm³/mol. The Kier molecular flexibility index (Phi) is 3.75. The number of hydrogen-bond acceptors (Lipinski definition) is 3. The molecule has 3 nitrogen and oxygen atoms in total. The molecule has 1 aliphatic rings. The van der Waals surface area contributed by atoms with Crippen LogP contribution in [-0.2, 0) is 0 Å². The van der Waals surface area contributed by atoms with Gasteiger partial charge in [0, 0.05) is 44.5 Å². The summed E-state index contributed by atoms with van der Waals surface area (Å²) in [4.78, 5) is 1.73. The molecule has 0 amide bonds. The van der Waals surface area contributed by atoms with Crippen LogP contribution in [0.2, 0.25) is 0 Å². The van der Waals surface area contributed by atoms with E-state index in [-0.39, 0.29) is 80.9 Å². The van der Waals surface area contributed by atoms with Crippen molar-refractivity contribution >= 4 is 49.8 Å². The topological polar surface area (TPSA) is 25.6 Å². The molecule has 0 bridgehead atoms. The van der Waals surface area contributed by atoms with E-state index in [0.29, 0.717) is 28.1 Å². The fraction of sp³-hybridized carbons (Fsp3) is 0. The van der Waals surface area contributed by atoms with E-state index in [9.17, 15) is 4.11 Å². The van der Waals surface area contributed by atoms with Crippen LogP contribution >= 0.6 is 0 Å². The molecule has 0 fully saturated rings. The lowest BCUT2D eigenvalue weighted by atomic mass is 9.92. The predicted octanol–water partition coefficient (Wildman–Crippen LogP) is 11.6. The van der Waals surface area contributed by atoms with Crippen molar-refractivity contribution in [1.82, 2.24) is 0 Å². The summed E-state index contributed by atoms with van der Waals surface area (Å²) < 4.78 is 86.0. The van der Waals surface area contributed by atoms with Crippen LogP contribution in [0.1, 0.15) is 11.0 Å². The van der Waals surface area contributed by atoms with Crippen LogP contribution in [0.5, 0.6) is 11.5 Å². The maximum absolute atomic E-state index is 9.47. The van der Waals surface area contributed by atoms with Crippen molar-refractivity contribution in [2.24, 2.45) is 0 Å².